The SMILES string of the molecule is CC(C)CC1CNC(C(C)C)CN1C(=O)C(Cl)Cl. The molecule has 0 aromatic rings. The van der Waals surface area contributed by atoms with Crippen molar-refractivity contribution >= 4 is 29.1 Å². The van der Waals surface area contributed by atoms with E-state index < -0.39 is 4.84 Å². The summed E-state index contributed by atoms with van der Waals surface area (Å²) in [7, 11) is 0. The van der Waals surface area contributed by atoms with Gasteiger partial charge in [-0.3, -0.25) is 4.79 Å². The van der Waals surface area contributed by atoms with Crippen molar-refractivity contribution < 1.29 is 4.79 Å². The van der Waals surface area contributed by atoms with Gasteiger partial charge in [-0.25, -0.2) is 0 Å². The number of hydrogen-bond donors (Lipinski definition) is 1. The molecule has 0 radical (unpaired) electrons. The number of carbonyl (C=O) groups excluding carboxylic acids is 1. The molecule has 1 amide bonds. The van der Waals surface area contributed by atoms with Gasteiger partial charge < -0.3 is 10.2 Å². The first-order chi connectivity index (χ1) is 8.32. The minimum atomic E-state index is -0.953. The van der Waals surface area contributed by atoms with Gasteiger partial charge in [-0.15, -0.1) is 0 Å². The van der Waals surface area contributed by atoms with Gasteiger partial charge in [0, 0.05) is 25.2 Å². The van der Waals surface area contributed by atoms with Crippen LogP contribution in [0, 0.1) is 11.8 Å². The van der Waals surface area contributed by atoms with E-state index in [1.807, 2.05) is 4.90 Å². The third-order valence-electron chi connectivity index (χ3n) is 3.47. The topological polar surface area (TPSA) is 32.3 Å². The van der Waals surface area contributed by atoms with E-state index in [4.69, 9.17) is 23.2 Å². The maximum atomic E-state index is 12.1. The molecule has 0 bridgehead atoms. The van der Waals surface area contributed by atoms with Crippen LogP contribution >= 0.6 is 23.2 Å². The van der Waals surface area contributed by atoms with Crippen LogP contribution in [0.3, 0.4) is 0 Å². The van der Waals surface area contributed by atoms with E-state index in [0.717, 1.165) is 13.0 Å². The minimum Gasteiger partial charge on any atom is -0.335 e. The Balaban J connectivity index is 2.76. The van der Waals surface area contributed by atoms with Gasteiger partial charge in [0.05, 0.1) is 0 Å². The fourth-order valence-corrected chi connectivity index (χ4v) is 2.67. The third-order valence-corrected chi connectivity index (χ3v) is 3.84. The number of amides is 1. The number of carbonyl (C=O) groups is 1. The van der Waals surface area contributed by atoms with Gasteiger partial charge in [0.25, 0.3) is 5.91 Å². The Morgan fingerprint density at radius 1 is 1.33 bits per heavy atom. The van der Waals surface area contributed by atoms with E-state index in [-0.39, 0.29) is 11.9 Å². The van der Waals surface area contributed by atoms with Crippen molar-refractivity contribution in [1.29, 1.82) is 0 Å². The van der Waals surface area contributed by atoms with Gasteiger partial charge in [0.1, 0.15) is 0 Å². The smallest absolute Gasteiger partial charge is 0.256 e. The van der Waals surface area contributed by atoms with Crippen molar-refractivity contribution in [1.82, 2.24) is 10.2 Å². The molecule has 2 unspecified atom stereocenters. The second-order valence-corrected chi connectivity index (χ2v) is 6.93. The molecular formula is C13H24Cl2N2O. The molecule has 5 heteroatoms. The molecule has 106 valence electrons. The number of hydrogen-bond acceptors (Lipinski definition) is 2. The van der Waals surface area contributed by atoms with E-state index in [1.54, 1.807) is 0 Å². The quantitative estimate of drug-likeness (QED) is 0.809. The van der Waals surface area contributed by atoms with Crippen LogP contribution in [0.4, 0.5) is 0 Å². The molecule has 2 atom stereocenters. The summed E-state index contributed by atoms with van der Waals surface area (Å²) in [6.45, 7) is 10.2. The van der Waals surface area contributed by atoms with Crippen LogP contribution < -0.4 is 5.32 Å². The Bertz CT molecular complexity index is 282. The zero-order valence-electron chi connectivity index (χ0n) is 11.6. The average molecular weight is 295 g/mol. The van der Waals surface area contributed by atoms with Crippen molar-refractivity contribution in [2.75, 3.05) is 13.1 Å². The average Bonchev–Trinajstić information content (AvgIpc) is 2.27. The maximum absolute atomic E-state index is 12.1. The van der Waals surface area contributed by atoms with Crippen LogP contribution in [0.1, 0.15) is 34.1 Å². The highest BCUT2D eigenvalue weighted by Gasteiger charge is 2.34. The standard InChI is InChI=1S/C13H24Cl2N2O/c1-8(2)5-10-6-16-11(9(3)4)7-17(10)13(18)12(14)15/h8-12,16H,5-7H2,1-4H3. The Kier molecular flexibility index (Phi) is 6.22. The minimum absolute atomic E-state index is 0.156. The summed E-state index contributed by atoms with van der Waals surface area (Å²) in [6, 6.07) is 0.525. The summed E-state index contributed by atoms with van der Waals surface area (Å²) in [5.41, 5.74) is 0. The molecule has 18 heavy (non-hydrogen) atoms. The van der Waals surface area contributed by atoms with E-state index in [0.29, 0.717) is 24.4 Å². The predicted octanol–water partition coefficient (Wildman–Crippen LogP) is 2.66. The van der Waals surface area contributed by atoms with Gasteiger partial charge in [-0.05, 0) is 18.3 Å². The number of nitrogens with zero attached hydrogens (tertiary/aromatic N) is 1. The Morgan fingerprint density at radius 3 is 2.39 bits per heavy atom. The van der Waals surface area contributed by atoms with Crippen LogP contribution in [0.2, 0.25) is 0 Å². The summed E-state index contributed by atoms with van der Waals surface area (Å²) in [6.07, 6.45) is 0.976. The lowest BCUT2D eigenvalue weighted by Gasteiger charge is -2.42. The molecule has 1 rings (SSSR count). The number of halogens is 2. The number of piperazine rings is 1. The molecule has 1 heterocycles. The molecule has 1 N–H and O–H groups in total. The van der Waals surface area contributed by atoms with Crippen LogP contribution in [-0.2, 0) is 4.79 Å². The monoisotopic (exact) mass is 294 g/mol. The highest BCUT2D eigenvalue weighted by Crippen LogP contribution is 2.21. The lowest BCUT2D eigenvalue weighted by molar-refractivity contribution is -0.134. The molecule has 1 saturated heterocycles. The molecule has 0 aromatic carbocycles. The summed E-state index contributed by atoms with van der Waals surface area (Å²) < 4.78 is 0. The van der Waals surface area contributed by atoms with E-state index in [9.17, 15) is 4.79 Å². The van der Waals surface area contributed by atoms with E-state index in [2.05, 4.69) is 33.0 Å². The molecule has 1 aliphatic rings. The van der Waals surface area contributed by atoms with E-state index >= 15 is 0 Å². The molecule has 0 saturated carbocycles. The first-order valence-corrected chi connectivity index (χ1v) is 7.52. The molecular weight excluding hydrogens is 271 g/mol. The van der Waals surface area contributed by atoms with Gasteiger partial charge in [-0.1, -0.05) is 50.9 Å². The first-order valence-electron chi connectivity index (χ1n) is 6.65. The van der Waals surface area contributed by atoms with Crippen LogP contribution in [0.25, 0.3) is 0 Å². The Labute approximate surface area is 120 Å². The van der Waals surface area contributed by atoms with Gasteiger partial charge >= 0.3 is 0 Å². The summed E-state index contributed by atoms with van der Waals surface area (Å²) in [4.78, 5) is 13.0. The van der Waals surface area contributed by atoms with Crippen molar-refractivity contribution in [2.45, 2.75) is 51.0 Å². The lowest BCUT2D eigenvalue weighted by Crippen LogP contribution is -2.60. The molecule has 1 fully saturated rings. The lowest BCUT2D eigenvalue weighted by atomic mass is 9.95. The largest absolute Gasteiger partial charge is 0.335 e. The van der Waals surface area contributed by atoms with Gasteiger partial charge in [0.2, 0.25) is 0 Å². The zero-order chi connectivity index (χ0) is 13.9. The van der Waals surface area contributed by atoms with Crippen molar-refractivity contribution in [3.63, 3.8) is 0 Å². The predicted molar refractivity (Wildman–Crippen MR) is 77.1 cm³/mol. The van der Waals surface area contributed by atoms with Crippen LogP contribution in [0.15, 0.2) is 0 Å². The van der Waals surface area contributed by atoms with E-state index in [1.165, 1.54) is 0 Å². The third kappa shape index (κ3) is 4.29. The molecule has 3 nitrogen and oxygen atoms in total. The highest BCUT2D eigenvalue weighted by molar-refractivity contribution is 6.53. The first kappa shape index (κ1) is 16.1. The Hall–Kier alpha value is 0.01000. The maximum Gasteiger partial charge on any atom is 0.256 e. The summed E-state index contributed by atoms with van der Waals surface area (Å²) in [5.74, 6) is 0.882. The molecule has 1 aliphatic heterocycles. The Morgan fingerprint density at radius 2 is 1.94 bits per heavy atom. The van der Waals surface area contributed by atoms with Crippen molar-refractivity contribution in [3.05, 3.63) is 0 Å². The van der Waals surface area contributed by atoms with Crippen LogP contribution in [0.5, 0.6) is 0 Å². The highest BCUT2D eigenvalue weighted by atomic mass is 35.5. The van der Waals surface area contributed by atoms with Crippen LogP contribution in [-0.4, -0.2) is 40.8 Å². The number of rotatable bonds is 4. The number of alkyl halides is 2. The fraction of sp³-hybridized carbons (Fsp3) is 0.923. The van der Waals surface area contributed by atoms with Gasteiger partial charge in [0.15, 0.2) is 4.84 Å². The van der Waals surface area contributed by atoms with Crippen molar-refractivity contribution in [3.8, 4) is 0 Å². The number of nitrogens with one attached hydrogen (secondary N) is 1. The molecule has 0 aliphatic carbocycles. The summed E-state index contributed by atoms with van der Waals surface area (Å²) >= 11 is 11.5. The zero-order valence-corrected chi connectivity index (χ0v) is 13.1. The summed E-state index contributed by atoms with van der Waals surface area (Å²) in [5, 5.41) is 3.52. The van der Waals surface area contributed by atoms with Crippen molar-refractivity contribution in [2.24, 2.45) is 11.8 Å². The fourth-order valence-electron chi connectivity index (χ4n) is 2.42. The van der Waals surface area contributed by atoms with Gasteiger partial charge in [-0.2, -0.15) is 0 Å². The normalized spacial score (nSPS) is 25.3. The second-order valence-electron chi connectivity index (χ2n) is 5.83. The second kappa shape index (κ2) is 6.97. The molecule has 0 spiro atoms. The molecule has 0 aromatic heterocycles.